The van der Waals surface area contributed by atoms with Crippen LogP contribution in [0.5, 0.6) is 0 Å². The molecule has 3 N–H and O–H groups in total. The summed E-state index contributed by atoms with van der Waals surface area (Å²) in [6.07, 6.45) is 0. The van der Waals surface area contributed by atoms with Gasteiger partial charge in [-0.25, -0.2) is 0 Å². The number of nitrogens with two attached hydrogens (primary N) is 1. The zero-order valence-electron chi connectivity index (χ0n) is 11.0. The Kier molecular flexibility index (Phi) is 3.83. The number of furan rings is 1. The van der Waals surface area contributed by atoms with Crippen LogP contribution < -0.4 is 11.1 Å². The molecule has 0 aliphatic heterocycles. The van der Waals surface area contributed by atoms with Gasteiger partial charge in [0, 0.05) is 24.0 Å². The molecule has 0 saturated heterocycles. The summed E-state index contributed by atoms with van der Waals surface area (Å²) in [5.74, 6) is -0.330. The lowest BCUT2D eigenvalue weighted by atomic mass is 9.93. The fraction of sp³-hybridized carbons (Fsp3) is 0.357. The molecular formula is C14H17ClN2O2. The minimum Gasteiger partial charge on any atom is -0.444 e. The number of carbonyl (C=O) groups is 1. The van der Waals surface area contributed by atoms with Crippen molar-refractivity contribution in [2.75, 3.05) is 6.54 Å². The van der Waals surface area contributed by atoms with Gasteiger partial charge in [-0.3, -0.25) is 4.79 Å². The highest BCUT2D eigenvalue weighted by atomic mass is 35.5. The van der Waals surface area contributed by atoms with E-state index in [2.05, 4.69) is 5.32 Å². The first-order chi connectivity index (χ1) is 8.92. The monoisotopic (exact) mass is 280 g/mol. The summed E-state index contributed by atoms with van der Waals surface area (Å²) in [6, 6.07) is 7.67. The standard InChI is InChI=1S/C14H17ClN2O2/c1-14(2,13(16)18)8-17-7-10-9-5-3-4-6-11(9)19-12(10)15/h3-6,17H,7-8H2,1-2H3,(H2,16,18). The van der Waals surface area contributed by atoms with Crippen LogP contribution in [0.4, 0.5) is 0 Å². The van der Waals surface area contributed by atoms with Gasteiger partial charge in [0.1, 0.15) is 5.58 Å². The van der Waals surface area contributed by atoms with E-state index in [0.717, 1.165) is 16.5 Å². The lowest BCUT2D eigenvalue weighted by Crippen LogP contribution is -2.40. The quantitative estimate of drug-likeness (QED) is 0.885. The third kappa shape index (κ3) is 2.91. The number of benzene rings is 1. The third-order valence-electron chi connectivity index (χ3n) is 3.18. The van der Waals surface area contributed by atoms with Crippen molar-refractivity contribution in [1.29, 1.82) is 0 Å². The maximum atomic E-state index is 11.2. The largest absolute Gasteiger partial charge is 0.444 e. The number of halogens is 1. The predicted molar refractivity (Wildman–Crippen MR) is 75.9 cm³/mol. The van der Waals surface area contributed by atoms with E-state index in [1.807, 2.05) is 24.3 Å². The molecule has 0 fully saturated rings. The predicted octanol–water partition coefficient (Wildman–Crippen LogP) is 2.69. The Labute approximate surface area is 116 Å². The van der Waals surface area contributed by atoms with E-state index in [0.29, 0.717) is 18.3 Å². The smallest absolute Gasteiger partial charge is 0.224 e. The first-order valence-electron chi connectivity index (χ1n) is 6.08. The van der Waals surface area contributed by atoms with Gasteiger partial charge in [-0.05, 0) is 31.5 Å². The molecule has 0 aliphatic carbocycles. The van der Waals surface area contributed by atoms with Crippen molar-refractivity contribution in [1.82, 2.24) is 5.32 Å². The number of para-hydroxylation sites is 1. The summed E-state index contributed by atoms with van der Waals surface area (Å²) < 4.78 is 5.46. The van der Waals surface area contributed by atoms with E-state index in [9.17, 15) is 4.79 Å². The minimum atomic E-state index is -0.591. The van der Waals surface area contributed by atoms with Gasteiger partial charge in [-0.2, -0.15) is 0 Å². The maximum Gasteiger partial charge on any atom is 0.224 e. The Hall–Kier alpha value is -1.52. The highest BCUT2D eigenvalue weighted by molar-refractivity contribution is 6.30. The van der Waals surface area contributed by atoms with Crippen LogP contribution in [0, 0.1) is 5.41 Å². The Bertz CT molecular complexity index is 605. The fourth-order valence-electron chi connectivity index (χ4n) is 1.82. The van der Waals surface area contributed by atoms with Crippen LogP contribution in [-0.2, 0) is 11.3 Å². The summed E-state index contributed by atoms with van der Waals surface area (Å²) >= 11 is 6.08. The van der Waals surface area contributed by atoms with Gasteiger partial charge in [0.15, 0.2) is 5.22 Å². The summed E-state index contributed by atoms with van der Waals surface area (Å²) in [4.78, 5) is 11.2. The summed E-state index contributed by atoms with van der Waals surface area (Å²) in [7, 11) is 0. The second-order valence-corrected chi connectivity index (χ2v) is 5.55. The molecule has 0 unspecified atom stereocenters. The number of hydrogen-bond donors (Lipinski definition) is 2. The van der Waals surface area contributed by atoms with E-state index in [4.69, 9.17) is 21.8 Å². The van der Waals surface area contributed by atoms with Gasteiger partial charge in [-0.15, -0.1) is 0 Å². The number of primary amides is 1. The zero-order valence-corrected chi connectivity index (χ0v) is 11.8. The van der Waals surface area contributed by atoms with Crippen LogP contribution >= 0.6 is 11.6 Å². The molecule has 0 saturated carbocycles. The number of nitrogens with one attached hydrogen (secondary N) is 1. The average Bonchev–Trinajstić information content (AvgIpc) is 2.65. The number of rotatable bonds is 5. The van der Waals surface area contributed by atoms with Crippen LogP contribution in [0.25, 0.3) is 11.0 Å². The summed E-state index contributed by atoms with van der Waals surface area (Å²) in [5, 5.41) is 4.56. The first kappa shape index (κ1) is 13.9. The first-order valence-corrected chi connectivity index (χ1v) is 6.46. The molecule has 0 spiro atoms. The Morgan fingerprint density at radius 3 is 2.79 bits per heavy atom. The molecule has 1 aromatic heterocycles. The molecule has 4 nitrogen and oxygen atoms in total. The second kappa shape index (κ2) is 5.23. The second-order valence-electron chi connectivity index (χ2n) is 5.20. The van der Waals surface area contributed by atoms with Crippen LogP contribution in [0.15, 0.2) is 28.7 Å². The molecule has 2 rings (SSSR count). The number of fused-ring (bicyclic) bond motifs is 1. The Balaban J connectivity index is 2.10. The van der Waals surface area contributed by atoms with E-state index < -0.39 is 5.41 Å². The topological polar surface area (TPSA) is 68.3 Å². The van der Waals surface area contributed by atoms with Crippen LogP contribution in [-0.4, -0.2) is 12.5 Å². The molecule has 0 aliphatic rings. The SMILES string of the molecule is CC(C)(CNCc1c(Cl)oc2ccccc12)C(N)=O. The molecule has 102 valence electrons. The van der Waals surface area contributed by atoms with E-state index in [-0.39, 0.29) is 5.91 Å². The summed E-state index contributed by atoms with van der Waals surface area (Å²) in [6.45, 7) is 4.62. The molecule has 0 bridgehead atoms. The lowest BCUT2D eigenvalue weighted by Gasteiger charge is -2.20. The van der Waals surface area contributed by atoms with Gasteiger partial charge in [0.05, 0.1) is 5.41 Å². The van der Waals surface area contributed by atoms with Crippen LogP contribution in [0.3, 0.4) is 0 Å². The van der Waals surface area contributed by atoms with Crippen molar-refractivity contribution in [3.05, 3.63) is 35.0 Å². The van der Waals surface area contributed by atoms with Crippen molar-refractivity contribution in [2.45, 2.75) is 20.4 Å². The van der Waals surface area contributed by atoms with Crippen molar-refractivity contribution in [3.8, 4) is 0 Å². The summed E-state index contributed by atoms with van der Waals surface area (Å²) in [5.41, 5.74) is 6.40. The minimum absolute atomic E-state index is 0.330. The average molecular weight is 281 g/mol. The molecule has 5 heteroatoms. The van der Waals surface area contributed by atoms with Crippen molar-refractivity contribution >= 4 is 28.5 Å². The highest BCUT2D eigenvalue weighted by Gasteiger charge is 2.24. The molecule has 0 radical (unpaired) electrons. The normalized spacial score (nSPS) is 11.9. The number of carbonyl (C=O) groups excluding carboxylic acids is 1. The van der Waals surface area contributed by atoms with Gasteiger partial charge in [-0.1, -0.05) is 18.2 Å². The van der Waals surface area contributed by atoms with Crippen molar-refractivity contribution in [2.24, 2.45) is 11.1 Å². The number of amides is 1. The van der Waals surface area contributed by atoms with E-state index in [1.165, 1.54) is 0 Å². The lowest BCUT2D eigenvalue weighted by molar-refractivity contribution is -0.125. The van der Waals surface area contributed by atoms with Gasteiger partial charge < -0.3 is 15.5 Å². The molecular weight excluding hydrogens is 264 g/mol. The Morgan fingerprint density at radius 2 is 2.11 bits per heavy atom. The molecule has 1 amide bonds. The molecule has 1 aromatic carbocycles. The molecule has 2 aromatic rings. The molecule has 0 atom stereocenters. The Morgan fingerprint density at radius 1 is 1.42 bits per heavy atom. The van der Waals surface area contributed by atoms with Crippen molar-refractivity contribution in [3.63, 3.8) is 0 Å². The van der Waals surface area contributed by atoms with Gasteiger partial charge in [0.25, 0.3) is 0 Å². The maximum absolute atomic E-state index is 11.2. The van der Waals surface area contributed by atoms with Crippen molar-refractivity contribution < 1.29 is 9.21 Å². The molecule has 1 heterocycles. The number of hydrogen-bond acceptors (Lipinski definition) is 3. The van der Waals surface area contributed by atoms with E-state index >= 15 is 0 Å². The third-order valence-corrected chi connectivity index (χ3v) is 3.49. The van der Waals surface area contributed by atoms with E-state index in [1.54, 1.807) is 13.8 Å². The van der Waals surface area contributed by atoms with Gasteiger partial charge in [0.2, 0.25) is 5.91 Å². The fourth-order valence-corrected chi connectivity index (χ4v) is 2.07. The van der Waals surface area contributed by atoms with Crippen LogP contribution in [0.1, 0.15) is 19.4 Å². The molecule has 19 heavy (non-hydrogen) atoms. The zero-order chi connectivity index (χ0) is 14.0. The highest BCUT2D eigenvalue weighted by Crippen LogP contribution is 2.29. The van der Waals surface area contributed by atoms with Crippen LogP contribution in [0.2, 0.25) is 5.22 Å². The van der Waals surface area contributed by atoms with Gasteiger partial charge >= 0.3 is 0 Å².